The van der Waals surface area contributed by atoms with Crippen LogP contribution in [-0.2, 0) is 0 Å². The second-order valence-corrected chi connectivity index (χ2v) is 5.89. The van der Waals surface area contributed by atoms with Gasteiger partial charge in [-0.3, -0.25) is 0 Å². The highest BCUT2D eigenvalue weighted by Crippen LogP contribution is 2.35. The first-order chi connectivity index (χ1) is 8.28. The van der Waals surface area contributed by atoms with E-state index in [1.807, 2.05) is 6.92 Å². The Morgan fingerprint density at radius 1 is 1.47 bits per heavy atom. The summed E-state index contributed by atoms with van der Waals surface area (Å²) < 4.78 is 7.79. The summed E-state index contributed by atoms with van der Waals surface area (Å²) in [6.45, 7) is 2.51. The van der Waals surface area contributed by atoms with Gasteiger partial charge < -0.3 is 10.3 Å². The number of nitrogens with two attached hydrogens (primary N) is 1. The number of hydrogen-bond acceptors (Lipinski definition) is 6. The largest absolute Gasteiger partial charge is 0.333 e. The van der Waals surface area contributed by atoms with Crippen LogP contribution >= 0.6 is 22.7 Å². The Kier molecular flexibility index (Phi) is 2.70. The van der Waals surface area contributed by atoms with Crippen LogP contribution in [0.2, 0.25) is 0 Å². The summed E-state index contributed by atoms with van der Waals surface area (Å²) in [4.78, 5) is 5.41. The molecule has 0 amide bonds. The Morgan fingerprint density at radius 2 is 2.35 bits per heavy atom. The Labute approximate surface area is 106 Å². The van der Waals surface area contributed by atoms with Crippen molar-refractivity contribution in [3.8, 4) is 10.8 Å². The predicted octanol–water partition coefficient (Wildman–Crippen LogP) is 3.08. The van der Waals surface area contributed by atoms with Crippen LogP contribution in [0.15, 0.2) is 22.0 Å². The zero-order valence-electron chi connectivity index (χ0n) is 9.21. The van der Waals surface area contributed by atoms with Gasteiger partial charge in [-0.1, -0.05) is 12.1 Å². The second kappa shape index (κ2) is 4.21. The highest BCUT2D eigenvalue weighted by atomic mass is 32.1. The molecule has 2 N–H and O–H groups in total. The van der Waals surface area contributed by atoms with Gasteiger partial charge in [0, 0.05) is 21.9 Å². The topological polar surface area (TPSA) is 64.9 Å². The van der Waals surface area contributed by atoms with Crippen molar-refractivity contribution in [2.24, 2.45) is 5.73 Å². The van der Waals surface area contributed by atoms with Gasteiger partial charge in [-0.2, -0.15) is 4.98 Å². The van der Waals surface area contributed by atoms with E-state index in [1.54, 1.807) is 22.7 Å². The van der Waals surface area contributed by atoms with Gasteiger partial charge in [0.1, 0.15) is 0 Å². The van der Waals surface area contributed by atoms with Crippen LogP contribution in [0.25, 0.3) is 20.2 Å². The van der Waals surface area contributed by atoms with E-state index in [9.17, 15) is 0 Å². The van der Waals surface area contributed by atoms with Crippen molar-refractivity contribution < 1.29 is 4.52 Å². The SMILES string of the molecule is CC(CN)c1noc(-c2cc3sccc3s2)n1. The summed E-state index contributed by atoms with van der Waals surface area (Å²) in [5, 5.41) is 6.05. The van der Waals surface area contributed by atoms with Crippen molar-refractivity contribution in [2.45, 2.75) is 12.8 Å². The van der Waals surface area contributed by atoms with Crippen molar-refractivity contribution >= 4 is 32.1 Å². The first-order valence-electron chi connectivity index (χ1n) is 5.29. The minimum Gasteiger partial charge on any atom is -0.333 e. The minimum atomic E-state index is 0.133. The normalized spacial score (nSPS) is 13.3. The van der Waals surface area contributed by atoms with Gasteiger partial charge in [-0.15, -0.1) is 22.7 Å². The molecule has 3 rings (SSSR count). The van der Waals surface area contributed by atoms with E-state index < -0.39 is 0 Å². The molecule has 0 aromatic carbocycles. The van der Waals surface area contributed by atoms with Crippen LogP contribution < -0.4 is 5.73 Å². The molecule has 1 unspecified atom stereocenters. The predicted molar refractivity (Wildman–Crippen MR) is 70.5 cm³/mol. The highest BCUT2D eigenvalue weighted by molar-refractivity contribution is 7.28. The standard InChI is InChI=1S/C11H11N3OS2/c1-6(5-12)10-13-11(15-14-10)9-4-8-7(17-9)2-3-16-8/h2-4,6H,5,12H2,1H3. The Bertz CT molecular complexity index is 611. The van der Waals surface area contributed by atoms with Gasteiger partial charge in [-0.05, 0) is 17.5 Å². The van der Waals surface area contributed by atoms with Crippen LogP contribution in [0, 0.1) is 0 Å². The smallest absolute Gasteiger partial charge is 0.268 e. The first-order valence-corrected chi connectivity index (χ1v) is 6.98. The molecule has 0 saturated carbocycles. The summed E-state index contributed by atoms with van der Waals surface area (Å²) in [6, 6.07) is 4.20. The second-order valence-electron chi connectivity index (χ2n) is 3.85. The third kappa shape index (κ3) is 1.88. The van der Waals surface area contributed by atoms with Crippen molar-refractivity contribution in [2.75, 3.05) is 6.54 Å². The number of rotatable bonds is 3. The molecule has 0 aliphatic heterocycles. The maximum Gasteiger partial charge on any atom is 0.268 e. The highest BCUT2D eigenvalue weighted by Gasteiger charge is 2.15. The van der Waals surface area contributed by atoms with Gasteiger partial charge in [0.2, 0.25) is 0 Å². The Balaban J connectivity index is 1.98. The van der Waals surface area contributed by atoms with Crippen molar-refractivity contribution in [3.05, 3.63) is 23.3 Å². The number of hydrogen-bond donors (Lipinski definition) is 1. The molecule has 17 heavy (non-hydrogen) atoms. The minimum absolute atomic E-state index is 0.133. The summed E-state index contributed by atoms with van der Waals surface area (Å²) in [6.07, 6.45) is 0. The maximum atomic E-state index is 5.58. The van der Waals surface area contributed by atoms with Crippen LogP contribution in [0.1, 0.15) is 18.7 Å². The molecule has 0 bridgehead atoms. The van der Waals surface area contributed by atoms with Gasteiger partial charge in [0.25, 0.3) is 5.89 Å². The van der Waals surface area contributed by atoms with E-state index in [0.29, 0.717) is 18.3 Å². The van der Waals surface area contributed by atoms with Gasteiger partial charge in [0.15, 0.2) is 5.82 Å². The van der Waals surface area contributed by atoms with E-state index in [2.05, 4.69) is 27.7 Å². The Morgan fingerprint density at radius 3 is 3.12 bits per heavy atom. The van der Waals surface area contributed by atoms with E-state index >= 15 is 0 Å². The van der Waals surface area contributed by atoms with E-state index in [0.717, 1.165) is 4.88 Å². The van der Waals surface area contributed by atoms with Crippen LogP contribution in [-0.4, -0.2) is 16.7 Å². The first kappa shape index (κ1) is 10.9. The summed E-state index contributed by atoms with van der Waals surface area (Å²) in [7, 11) is 0. The van der Waals surface area contributed by atoms with Crippen molar-refractivity contribution in [1.82, 2.24) is 10.1 Å². The van der Waals surface area contributed by atoms with Gasteiger partial charge in [0.05, 0.1) is 4.88 Å². The quantitative estimate of drug-likeness (QED) is 0.790. The number of aromatic nitrogens is 2. The lowest BCUT2D eigenvalue weighted by atomic mass is 10.2. The third-order valence-corrected chi connectivity index (χ3v) is 4.67. The molecular formula is C11H11N3OS2. The Hall–Kier alpha value is -1.24. The molecule has 1 atom stereocenters. The maximum absolute atomic E-state index is 5.58. The number of fused-ring (bicyclic) bond motifs is 1. The molecule has 0 aliphatic carbocycles. The number of thiophene rings is 2. The average Bonchev–Trinajstić information content (AvgIpc) is 3.00. The van der Waals surface area contributed by atoms with Crippen molar-refractivity contribution in [1.29, 1.82) is 0 Å². The summed E-state index contributed by atoms with van der Waals surface area (Å²) in [5.74, 6) is 1.40. The zero-order chi connectivity index (χ0) is 11.8. The lowest BCUT2D eigenvalue weighted by molar-refractivity contribution is 0.418. The molecule has 0 saturated heterocycles. The van der Waals surface area contributed by atoms with Crippen LogP contribution in [0.5, 0.6) is 0 Å². The fraction of sp³-hybridized carbons (Fsp3) is 0.273. The fourth-order valence-electron chi connectivity index (χ4n) is 1.51. The lowest BCUT2D eigenvalue weighted by Crippen LogP contribution is -2.10. The molecule has 6 heteroatoms. The molecule has 0 radical (unpaired) electrons. The van der Waals surface area contributed by atoms with Gasteiger partial charge >= 0.3 is 0 Å². The molecule has 3 heterocycles. The third-order valence-electron chi connectivity index (χ3n) is 2.59. The lowest BCUT2D eigenvalue weighted by Gasteiger charge is -1.98. The molecular weight excluding hydrogens is 254 g/mol. The van der Waals surface area contributed by atoms with Gasteiger partial charge in [-0.25, -0.2) is 0 Å². The van der Waals surface area contributed by atoms with Crippen LogP contribution in [0.3, 0.4) is 0 Å². The summed E-state index contributed by atoms with van der Waals surface area (Å²) >= 11 is 3.39. The van der Waals surface area contributed by atoms with Crippen molar-refractivity contribution in [3.63, 3.8) is 0 Å². The average molecular weight is 265 g/mol. The molecule has 3 aromatic rings. The molecule has 3 aromatic heterocycles. The van der Waals surface area contributed by atoms with E-state index in [-0.39, 0.29) is 5.92 Å². The molecule has 0 spiro atoms. The monoisotopic (exact) mass is 265 g/mol. The summed E-state index contributed by atoms with van der Waals surface area (Å²) in [5.41, 5.74) is 5.58. The zero-order valence-corrected chi connectivity index (χ0v) is 10.8. The van der Waals surface area contributed by atoms with Crippen LogP contribution in [0.4, 0.5) is 0 Å². The fourth-order valence-corrected chi connectivity index (χ4v) is 3.54. The molecule has 0 aliphatic rings. The van der Waals surface area contributed by atoms with E-state index in [1.165, 1.54) is 9.40 Å². The number of nitrogens with zero attached hydrogens (tertiary/aromatic N) is 2. The molecule has 88 valence electrons. The van der Waals surface area contributed by atoms with E-state index in [4.69, 9.17) is 10.3 Å². The molecule has 0 fully saturated rings. The molecule has 4 nitrogen and oxygen atoms in total.